The Balaban J connectivity index is 1.82. The van der Waals surface area contributed by atoms with Crippen LogP contribution < -0.4 is 4.74 Å². The summed E-state index contributed by atoms with van der Waals surface area (Å²) in [6.45, 7) is 8.82. The van der Waals surface area contributed by atoms with Gasteiger partial charge in [-0.15, -0.1) is 0 Å². The van der Waals surface area contributed by atoms with Crippen LogP contribution in [-0.2, 0) is 9.53 Å². The molecule has 2 unspecified atom stereocenters. The first kappa shape index (κ1) is 19.7. The van der Waals surface area contributed by atoms with Gasteiger partial charge in [-0.2, -0.15) is 0 Å². The number of ether oxygens (including phenoxy) is 2. The number of hydrogen-bond acceptors (Lipinski definition) is 5. The van der Waals surface area contributed by atoms with Crippen LogP contribution in [0.4, 0.5) is 0 Å². The van der Waals surface area contributed by atoms with Crippen molar-refractivity contribution in [2.75, 3.05) is 32.8 Å². The summed E-state index contributed by atoms with van der Waals surface area (Å²) in [5, 5.41) is 10.3. The summed E-state index contributed by atoms with van der Waals surface area (Å²) < 4.78 is 11.0. The van der Waals surface area contributed by atoms with E-state index in [1.54, 1.807) is 0 Å². The first-order valence-corrected chi connectivity index (χ1v) is 9.30. The van der Waals surface area contributed by atoms with Gasteiger partial charge in [0, 0.05) is 13.1 Å². The van der Waals surface area contributed by atoms with Crippen molar-refractivity contribution in [3.8, 4) is 5.75 Å². The molecule has 1 N–H and O–H groups in total. The smallest absolute Gasteiger partial charge is 0.310 e. The van der Waals surface area contributed by atoms with Crippen LogP contribution in [0.25, 0.3) is 0 Å². The molecule has 1 heterocycles. The van der Waals surface area contributed by atoms with E-state index in [-0.39, 0.29) is 18.5 Å². The standard InChI is InChI=1S/C20H31NO4/c1-4-24-20(23)16-8-7-11-21(12-16)13-17(22)14-25-19-10-6-5-9-18(19)15(2)3/h5-6,9-10,15-17,22H,4,7-8,11-14H2,1-3H3. The van der Waals surface area contributed by atoms with E-state index in [1.165, 1.54) is 0 Å². The van der Waals surface area contributed by atoms with Crippen molar-refractivity contribution >= 4 is 5.97 Å². The van der Waals surface area contributed by atoms with Gasteiger partial charge in [0.2, 0.25) is 0 Å². The molecule has 0 radical (unpaired) electrons. The molecular weight excluding hydrogens is 318 g/mol. The Kier molecular flexibility index (Phi) is 7.72. The van der Waals surface area contributed by atoms with Crippen LogP contribution in [0, 0.1) is 5.92 Å². The molecule has 1 aromatic rings. The van der Waals surface area contributed by atoms with Crippen molar-refractivity contribution < 1.29 is 19.4 Å². The molecule has 0 spiro atoms. The molecular formula is C20H31NO4. The number of hydrogen-bond donors (Lipinski definition) is 1. The molecule has 1 saturated heterocycles. The van der Waals surface area contributed by atoms with E-state index < -0.39 is 6.10 Å². The fraction of sp³-hybridized carbons (Fsp3) is 0.650. The van der Waals surface area contributed by atoms with Crippen LogP contribution in [0.1, 0.15) is 45.1 Å². The van der Waals surface area contributed by atoms with Gasteiger partial charge in [0.1, 0.15) is 18.5 Å². The van der Waals surface area contributed by atoms with Crippen molar-refractivity contribution in [2.24, 2.45) is 5.92 Å². The highest BCUT2D eigenvalue weighted by Gasteiger charge is 2.27. The number of benzene rings is 1. The maximum Gasteiger partial charge on any atom is 0.310 e. The predicted octanol–water partition coefficient (Wildman–Crippen LogP) is 2.82. The van der Waals surface area contributed by atoms with E-state index in [2.05, 4.69) is 24.8 Å². The normalized spacial score (nSPS) is 19.6. The van der Waals surface area contributed by atoms with Gasteiger partial charge in [-0.25, -0.2) is 0 Å². The molecule has 5 heteroatoms. The Morgan fingerprint density at radius 3 is 2.84 bits per heavy atom. The zero-order valence-electron chi connectivity index (χ0n) is 15.6. The van der Waals surface area contributed by atoms with E-state index in [9.17, 15) is 9.90 Å². The zero-order chi connectivity index (χ0) is 18.2. The fourth-order valence-corrected chi connectivity index (χ4v) is 3.30. The Labute approximate surface area is 150 Å². The van der Waals surface area contributed by atoms with Crippen LogP contribution in [-0.4, -0.2) is 54.9 Å². The monoisotopic (exact) mass is 349 g/mol. The van der Waals surface area contributed by atoms with Gasteiger partial charge in [0.05, 0.1) is 12.5 Å². The van der Waals surface area contributed by atoms with Crippen LogP contribution in [0.3, 0.4) is 0 Å². The van der Waals surface area contributed by atoms with Crippen molar-refractivity contribution in [2.45, 2.75) is 45.6 Å². The SMILES string of the molecule is CCOC(=O)C1CCCN(CC(O)COc2ccccc2C(C)C)C1. The molecule has 2 atom stereocenters. The lowest BCUT2D eigenvalue weighted by Gasteiger charge is -2.32. The molecule has 2 rings (SSSR count). The first-order chi connectivity index (χ1) is 12.0. The van der Waals surface area contributed by atoms with E-state index >= 15 is 0 Å². The predicted molar refractivity (Wildman–Crippen MR) is 97.8 cm³/mol. The van der Waals surface area contributed by atoms with E-state index in [4.69, 9.17) is 9.47 Å². The molecule has 140 valence electrons. The Hall–Kier alpha value is -1.59. The lowest BCUT2D eigenvalue weighted by atomic mass is 9.98. The molecule has 0 aliphatic carbocycles. The van der Waals surface area contributed by atoms with Crippen LogP contribution in [0.5, 0.6) is 5.75 Å². The van der Waals surface area contributed by atoms with E-state index in [0.717, 1.165) is 30.7 Å². The largest absolute Gasteiger partial charge is 0.491 e. The summed E-state index contributed by atoms with van der Waals surface area (Å²) >= 11 is 0. The number of likely N-dealkylation sites (tertiary alicyclic amines) is 1. The molecule has 0 aromatic heterocycles. The highest BCUT2D eigenvalue weighted by Crippen LogP contribution is 2.26. The second kappa shape index (κ2) is 9.78. The molecule has 25 heavy (non-hydrogen) atoms. The van der Waals surface area contributed by atoms with Gasteiger partial charge >= 0.3 is 5.97 Å². The first-order valence-electron chi connectivity index (χ1n) is 9.30. The number of nitrogens with zero attached hydrogens (tertiary/aromatic N) is 1. The number of rotatable bonds is 8. The molecule has 1 aliphatic heterocycles. The minimum atomic E-state index is -0.582. The number of β-amino-alcohol motifs (C(OH)–C–C–N with tert-alkyl or cyclic N) is 1. The molecule has 5 nitrogen and oxygen atoms in total. The molecule has 1 aliphatic rings. The van der Waals surface area contributed by atoms with Gasteiger partial charge in [-0.1, -0.05) is 32.0 Å². The Morgan fingerprint density at radius 1 is 1.36 bits per heavy atom. The highest BCUT2D eigenvalue weighted by atomic mass is 16.5. The van der Waals surface area contributed by atoms with Crippen molar-refractivity contribution in [1.82, 2.24) is 4.90 Å². The van der Waals surface area contributed by atoms with Crippen LogP contribution in [0.15, 0.2) is 24.3 Å². The third-order valence-electron chi connectivity index (χ3n) is 4.57. The van der Waals surface area contributed by atoms with E-state index in [0.29, 0.717) is 25.6 Å². The number of para-hydroxylation sites is 1. The minimum absolute atomic E-state index is 0.0801. The maximum absolute atomic E-state index is 11.9. The van der Waals surface area contributed by atoms with Crippen LogP contribution >= 0.6 is 0 Å². The number of esters is 1. The average molecular weight is 349 g/mol. The summed E-state index contributed by atoms with van der Waals surface area (Å²) in [6.07, 6.45) is 1.23. The number of carbonyl (C=O) groups excluding carboxylic acids is 1. The average Bonchev–Trinajstić information content (AvgIpc) is 2.60. The third kappa shape index (κ3) is 6.01. The van der Waals surface area contributed by atoms with Gasteiger partial charge in [-0.05, 0) is 43.9 Å². The van der Waals surface area contributed by atoms with Crippen molar-refractivity contribution in [3.63, 3.8) is 0 Å². The lowest BCUT2D eigenvalue weighted by molar-refractivity contribution is -0.150. The molecule has 1 fully saturated rings. The molecule has 0 amide bonds. The van der Waals surface area contributed by atoms with Gasteiger partial charge in [0.15, 0.2) is 0 Å². The topological polar surface area (TPSA) is 59.0 Å². The Morgan fingerprint density at radius 2 is 2.12 bits per heavy atom. The zero-order valence-corrected chi connectivity index (χ0v) is 15.6. The Bertz CT molecular complexity index is 546. The van der Waals surface area contributed by atoms with Crippen LogP contribution in [0.2, 0.25) is 0 Å². The molecule has 0 bridgehead atoms. The second-order valence-corrected chi connectivity index (χ2v) is 7.01. The van der Waals surface area contributed by atoms with Gasteiger partial charge in [-0.3, -0.25) is 9.69 Å². The van der Waals surface area contributed by atoms with Gasteiger partial charge < -0.3 is 14.6 Å². The van der Waals surface area contributed by atoms with E-state index in [1.807, 2.05) is 25.1 Å². The summed E-state index contributed by atoms with van der Waals surface area (Å²) in [5.74, 6) is 1.01. The molecule has 1 aromatic carbocycles. The number of piperidine rings is 1. The quantitative estimate of drug-likeness (QED) is 0.731. The fourth-order valence-electron chi connectivity index (χ4n) is 3.30. The van der Waals surface area contributed by atoms with Gasteiger partial charge in [0.25, 0.3) is 0 Å². The number of aliphatic hydroxyl groups excluding tert-OH is 1. The van der Waals surface area contributed by atoms with Crippen molar-refractivity contribution in [1.29, 1.82) is 0 Å². The molecule has 0 saturated carbocycles. The second-order valence-electron chi connectivity index (χ2n) is 7.01. The maximum atomic E-state index is 11.9. The summed E-state index contributed by atoms with van der Waals surface area (Å²) in [5.41, 5.74) is 1.15. The number of aliphatic hydroxyl groups is 1. The van der Waals surface area contributed by atoms with Crippen molar-refractivity contribution in [3.05, 3.63) is 29.8 Å². The minimum Gasteiger partial charge on any atom is -0.491 e. The lowest BCUT2D eigenvalue weighted by Crippen LogP contribution is -2.44. The summed E-state index contributed by atoms with van der Waals surface area (Å²) in [7, 11) is 0. The summed E-state index contributed by atoms with van der Waals surface area (Å²) in [4.78, 5) is 14.0. The highest BCUT2D eigenvalue weighted by molar-refractivity contribution is 5.72. The number of carbonyl (C=O) groups is 1. The summed E-state index contributed by atoms with van der Waals surface area (Å²) in [6, 6.07) is 7.95. The third-order valence-corrected chi connectivity index (χ3v) is 4.57.